The molecule has 0 saturated carbocycles. The van der Waals surface area contributed by atoms with Crippen LogP contribution in [0.5, 0.6) is 11.5 Å². The third kappa shape index (κ3) is 6.98. The number of para-hydroxylation sites is 1. The molecule has 2 amide bonds. The summed E-state index contributed by atoms with van der Waals surface area (Å²) in [7, 11) is 2.88. The van der Waals surface area contributed by atoms with E-state index in [0.29, 0.717) is 28.0 Å². The predicted molar refractivity (Wildman–Crippen MR) is 190 cm³/mol. The van der Waals surface area contributed by atoms with Gasteiger partial charge in [0.25, 0.3) is 5.56 Å². The van der Waals surface area contributed by atoms with Gasteiger partial charge in [-0.15, -0.1) is 0 Å². The number of anilines is 4. The largest absolute Gasteiger partial charge is 0.495 e. The first-order valence-corrected chi connectivity index (χ1v) is 15.2. The van der Waals surface area contributed by atoms with Gasteiger partial charge in [-0.2, -0.15) is 4.98 Å². The number of benzene rings is 3. The third-order valence-corrected chi connectivity index (χ3v) is 8.18. The minimum atomic E-state index is -0.480. The highest BCUT2D eigenvalue weighted by Crippen LogP contribution is 2.45. The van der Waals surface area contributed by atoms with Crippen molar-refractivity contribution in [3.8, 4) is 22.6 Å². The first-order chi connectivity index (χ1) is 23.1. The fourth-order valence-electron chi connectivity index (χ4n) is 4.79. The Morgan fingerprint density at radius 1 is 0.917 bits per heavy atom. The minimum Gasteiger partial charge on any atom is -0.495 e. The highest BCUT2D eigenvalue weighted by molar-refractivity contribution is 6.41. The van der Waals surface area contributed by atoms with Gasteiger partial charge < -0.3 is 25.4 Å². The van der Waals surface area contributed by atoms with Crippen LogP contribution in [0.3, 0.4) is 0 Å². The van der Waals surface area contributed by atoms with E-state index in [2.05, 4.69) is 39.1 Å². The van der Waals surface area contributed by atoms with E-state index in [0.717, 1.165) is 6.08 Å². The Morgan fingerprint density at radius 3 is 2.19 bits per heavy atom. The molecule has 2 heterocycles. The molecule has 3 aromatic carbocycles. The number of aromatic nitrogens is 3. The third-order valence-electron chi connectivity index (χ3n) is 7.11. The van der Waals surface area contributed by atoms with Gasteiger partial charge >= 0.3 is 0 Å². The van der Waals surface area contributed by atoms with E-state index in [1.54, 1.807) is 48.5 Å². The Labute approximate surface area is 289 Å². The van der Waals surface area contributed by atoms with Gasteiger partial charge in [0.2, 0.25) is 17.8 Å². The van der Waals surface area contributed by atoms with Crippen molar-refractivity contribution >= 4 is 80.7 Å². The molecule has 0 unspecified atom stereocenters. The topological polar surface area (TPSA) is 136 Å². The first-order valence-electron chi connectivity index (χ1n) is 14.1. The Hall–Kier alpha value is -5.36. The Morgan fingerprint density at radius 2 is 1.56 bits per heavy atom. The fourth-order valence-corrected chi connectivity index (χ4v) is 5.71. The van der Waals surface area contributed by atoms with Crippen LogP contribution in [0.15, 0.2) is 90.9 Å². The van der Waals surface area contributed by atoms with Gasteiger partial charge in [-0.3, -0.25) is 19.0 Å². The van der Waals surface area contributed by atoms with Gasteiger partial charge in [-0.25, -0.2) is 4.98 Å². The Bertz CT molecular complexity index is 2120. The average Bonchev–Trinajstić information content (AvgIpc) is 3.08. The maximum absolute atomic E-state index is 14.4. The van der Waals surface area contributed by atoms with Crippen molar-refractivity contribution in [2.45, 2.75) is 6.54 Å². The standard InChI is InChI=1S/C34H27Cl3N6O5/c1-5-26(44)39-20-12-10-18(11-13-20)17-43-32-19(14-21(33(43)46)28-29(36)24(47-3)15-25(48-4)30(28)37)16-38-34(42-32)41-31-22(35)8-7-9-23(31)40-27(45)6-2/h5-16H,1-2,17H2,3-4H3,(H,39,44)(H,40,45)(H,38,41,42). The lowest BCUT2D eigenvalue weighted by Gasteiger charge is -2.18. The van der Waals surface area contributed by atoms with Gasteiger partial charge in [0.05, 0.1) is 52.8 Å². The van der Waals surface area contributed by atoms with E-state index < -0.39 is 11.5 Å². The number of hydrogen-bond acceptors (Lipinski definition) is 8. The summed E-state index contributed by atoms with van der Waals surface area (Å²) in [6.45, 7) is 7.00. The lowest BCUT2D eigenvalue weighted by Crippen LogP contribution is -2.24. The van der Waals surface area contributed by atoms with Crippen molar-refractivity contribution in [3.63, 3.8) is 0 Å². The average molecular weight is 706 g/mol. The summed E-state index contributed by atoms with van der Waals surface area (Å²) in [5, 5.41) is 9.42. The summed E-state index contributed by atoms with van der Waals surface area (Å²) >= 11 is 19.9. The summed E-state index contributed by atoms with van der Waals surface area (Å²) in [5.41, 5.74) is 2.09. The molecular formula is C34H27Cl3N6O5. The van der Waals surface area contributed by atoms with Crippen LogP contribution in [0.1, 0.15) is 5.56 Å². The van der Waals surface area contributed by atoms with E-state index in [-0.39, 0.29) is 61.7 Å². The monoisotopic (exact) mass is 704 g/mol. The van der Waals surface area contributed by atoms with Crippen LogP contribution in [0.25, 0.3) is 22.2 Å². The molecule has 0 radical (unpaired) electrons. The van der Waals surface area contributed by atoms with Crippen LogP contribution >= 0.6 is 34.8 Å². The molecule has 11 nitrogen and oxygen atoms in total. The zero-order chi connectivity index (χ0) is 34.5. The van der Waals surface area contributed by atoms with Crippen LogP contribution in [0.4, 0.5) is 23.0 Å². The molecule has 5 rings (SSSR count). The summed E-state index contributed by atoms with van der Waals surface area (Å²) in [5.74, 6) is -0.200. The van der Waals surface area contributed by atoms with E-state index >= 15 is 0 Å². The second-order valence-electron chi connectivity index (χ2n) is 10.1. The fraction of sp³-hybridized carbons (Fsp3) is 0.0882. The van der Waals surface area contributed by atoms with Crippen LogP contribution in [-0.2, 0) is 16.1 Å². The highest BCUT2D eigenvalue weighted by Gasteiger charge is 2.24. The molecule has 244 valence electrons. The maximum atomic E-state index is 14.4. The summed E-state index contributed by atoms with van der Waals surface area (Å²) in [6.07, 6.45) is 3.82. The van der Waals surface area contributed by atoms with Crippen LogP contribution in [0.2, 0.25) is 15.1 Å². The van der Waals surface area contributed by atoms with Crippen molar-refractivity contribution in [2.24, 2.45) is 0 Å². The van der Waals surface area contributed by atoms with Crippen LogP contribution in [-0.4, -0.2) is 40.6 Å². The van der Waals surface area contributed by atoms with Gasteiger partial charge in [-0.05, 0) is 48.0 Å². The number of carbonyl (C=O) groups is 2. The number of methoxy groups -OCH3 is 2. The van der Waals surface area contributed by atoms with Gasteiger partial charge in [0.1, 0.15) is 17.1 Å². The number of carbonyl (C=O) groups excluding carboxylic acids is 2. The molecule has 0 bridgehead atoms. The van der Waals surface area contributed by atoms with Gasteiger partial charge in [0.15, 0.2) is 0 Å². The number of pyridine rings is 1. The molecule has 0 saturated heterocycles. The summed E-state index contributed by atoms with van der Waals surface area (Å²) < 4.78 is 12.3. The molecule has 3 N–H and O–H groups in total. The van der Waals surface area contributed by atoms with Crippen LogP contribution < -0.4 is 31.0 Å². The lowest BCUT2D eigenvalue weighted by molar-refractivity contribution is -0.112. The van der Waals surface area contributed by atoms with Crippen molar-refractivity contribution in [1.82, 2.24) is 14.5 Å². The Balaban J connectivity index is 1.69. The van der Waals surface area contributed by atoms with E-state index in [1.165, 1.54) is 37.1 Å². The molecule has 0 aliphatic carbocycles. The first kappa shape index (κ1) is 34.0. The number of nitrogens with zero attached hydrogens (tertiary/aromatic N) is 3. The lowest BCUT2D eigenvalue weighted by atomic mass is 10.0. The van der Waals surface area contributed by atoms with Crippen molar-refractivity contribution in [2.75, 3.05) is 30.2 Å². The molecular weight excluding hydrogens is 679 g/mol. The number of amides is 2. The number of halogens is 3. The smallest absolute Gasteiger partial charge is 0.260 e. The van der Waals surface area contributed by atoms with Gasteiger partial charge in [-0.1, -0.05) is 66.2 Å². The molecule has 0 aliphatic heterocycles. The molecule has 48 heavy (non-hydrogen) atoms. The van der Waals surface area contributed by atoms with E-state index in [1.807, 2.05) is 0 Å². The summed E-state index contributed by atoms with van der Waals surface area (Å²) in [4.78, 5) is 47.4. The molecule has 5 aromatic rings. The number of rotatable bonds is 11. The Kier molecular flexibility index (Phi) is 10.3. The zero-order valence-electron chi connectivity index (χ0n) is 25.6. The zero-order valence-corrected chi connectivity index (χ0v) is 27.8. The van der Waals surface area contributed by atoms with E-state index in [4.69, 9.17) is 44.3 Å². The maximum Gasteiger partial charge on any atom is 0.260 e. The van der Waals surface area contributed by atoms with Crippen molar-refractivity contribution in [3.05, 3.63) is 117 Å². The van der Waals surface area contributed by atoms with Crippen molar-refractivity contribution in [1.29, 1.82) is 0 Å². The molecule has 2 aromatic heterocycles. The van der Waals surface area contributed by atoms with Crippen molar-refractivity contribution < 1.29 is 19.1 Å². The quantitative estimate of drug-likeness (QED) is 0.120. The molecule has 14 heteroatoms. The molecule has 0 spiro atoms. The van der Waals surface area contributed by atoms with Gasteiger partial charge in [0, 0.05) is 28.9 Å². The molecule has 0 atom stereocenters. The van der Waals surface area contributed by atoms with E-state index in [9.17, 15) is 14.4 Å². The minimum absolute atomic E-state index is 0.0540. The SMILES string of the molecule is C=CC(=O)Nc1ccc(Cn2c(=O)c(-c3c(Cl)c(OC)cc(OC)c3Cl)cc3cnc(Nc4c(Cl)cccc4NC(=O)C=C)nc32)cc1. The molecule has 0 fully saturated rings. The number of hydrogen-bond donors (Lipinski definition) is 3. The normalized spacial score (nSPS) is 10.7. The molecule has 0 aliphatic rings. The van der Waals surface area contributed by atoms with Crippen LogP contribution in [0, 0.1) is 0 Å². The second kappa shape index (κ2) is 14.6. The summed E-state index contributed by atoms with van der Waals surface area (Å²) in [6, 6.07) is 15.0. The number of ether oxygens (including phenoxy) is 2. The highest BCUT2D eigenvalue weighted by atomic mass is 35.5. The second-order valence-corrected chi connectivity index (χ2v) is 11.2. The predicted octanol–water partition coefficient (Wildman–Crippen LogP) is 7.48. The number of nitrogens with one attached hydrogen (secondary N) is 3. The number of fused-ring (bicyclic) bond motifs is 1.